The molecule has 1 aromatic heterocycles. The second kappa shape index (κ2) is 3.72. The van der Waals surface area contributed by atoms with Gasteiger partial charge in [-0.3, -0.25) is 0 Å². The van der Waals surface area contributed by atoms with E-state index in [0.29, 0.717) is 5.82 Å². The van der Waals surface area contributed by atoms with Gasteiger partial charge in [0.15, 0.2) is 0 Å². The number of aromatic nitrogens is 1. The molecule has 0 aliphatic carbocycles. The predicted molar refractivity (Wildman–Crippen MR) is 53.4 cm³/mol. The molecule has 0 fully saturated rings. The maximum atomic E-state index is 5.52. The first-order valence-electron chi connectivity index (χ1n) is 3.78. The molecule has 1 rings (SSSR count). The van der Waals surface area contributed by atoms with Crippen LogP contribution in [0, 0.1) is 0 Å². The fraction of sp³-hybridized carbons (Fsp3) is 0.100. The van der Waals surface area contributed by atoms with Crippen LogP contribution in [0.15, 0.2) is 24.9 Å². The van der Waals surface area contributed by atoms with E-state index in [2.05, 4.69) is 11.6 Å². The molecule has 12 heavy (non-hydrogen) atoms. The molecule has 1 heterocycles. The van der Waals surface area contributed by atoms with Gasteiger partial charge >= 0.3 is 0 Å². The monoisotopic (exact) mass is 160 g/mol. The predicted octanol–water partition coefficient (Wildman–Crippen LogP) is 2.34. The Morgan fingerprint density at radius 3 is 2.83 bits per heavy atom. The zero-order chi connectivity index (χ0) is 8.97. The van der Waals surface area contributed by atoms with Crippen LogP contribution in [0.25, 0.3) is 12.2 Å². The van der Waals surface area contributed by atoms with Crippen LogP contribution >= 0.6 is 0 Å². The van der Waals surface area contributed by atoms with E-state index in [4.69, 9.17) is 5.73 Å². The Kier molecular flexibility index (Phi) is 2.64. The van der Waals surface area contributed by atoms with Gasteiger partial charge in [-0.15, -0.1) is 0 Å². The smallest absolute Gasteiger partial charge is 0.123 e. The fourth-order valence-corrected chi connectivity index (χ4v) is 0.994. The molecule has 2 nitrogen and oxygen atoms in total. The molecule has 0 bridgehead atoms. The number of pyridine rings is 1. The van der Waals surface area contributed by atoms with E-state index in [1.54, 1.807) is 12.3 Å². The van der Waals surface area contributed by atoms with Crippen molar-refractivity contribution in [1.29, 1.82) is 0 Å². The van der Waals surface area contributed by atoms with Gasteiger partial charge in [0.2, 0.25) is 0 Å². The number of hydrogen-bond donors (Lipinski definition) is 1. The van der Waals surface area contributed by atoms with Crippen LogP contribution in [-0.4, -0.2) is 4.98 Å². The number of nitrogen functional groups attached to an aromatic ring is 1. The average Bonchev–Trinajstić information content (AvgIpc) is 2.08. The molecule has 1 aromatic rings. The minimum Gasteiger partial charge on any atom is -0.384 e. The maximum absolute atomic E-state index is 5.52. The van der Waals surface area contributed by atoms with Crippen molar-refractivity contribution in [2.45, 2.75) is 6.92 Å². The highest BCUT2D eigenvalue weighted by Gasteiger charge is 1.95. The number of hydrogen-bond acceptors (Lipinski definition) is 2. The van der Waals surface area contributed by atoms with Crippen LogP contribution < -0.4 is 5.73 Å². The Hall–Kier alpha value is -1.57. The van der Waals surface area contributed by atoms with Crippen LogP contribution in [0.3, 0.4) is 0 Å². The lowest BCUT2D eigenvalue weighted by molar-refractivity contribution is 1.32. The first-order chi connectivity index (χ1) is 5.77. The van der Waals surface area contributed by atoms with Gasteiger partial charge in [-0.2, -0.15) is 0 Å². The van der Waals surface area contributed by atoms with Crippen LogP contribution in [0.1, 0.15) is 18.1 Å². The third kappa shape index (κ3) is 1.72. The topological polar surface area (TPSA) is 38.9 Å². The van der Waals surface area contributed by atoms with E-state index >= 15 is 0 Å². The first-order valence-corrected chi connectivity index (χ1v) is 3.78. The molecule has 0 spiro atoms. The van der Waals surface area contributed by atoms with Gasteiger partial charge in [-0.05, 0) is 24.1 Å². The number of allylic oxidation sites excluding steroid dienone is 1. The molecule has 0 aliphatic heterocycles. The van der Waals surface area contributed by atoms with Crippen molar-refractivity contribution in [1.82, 2.24) is 4.98 Å². The summed E-state index contributed by atoms with van der Waals surface area (Å²) in [5.74, 6) is 0.526. The third-order valence-corrected chi connectivity index (χ3v) is 1.56. The summed E-state index contributed by atoms with van der Waals surface area (Å²) in [6.07, 6.45) is 7.45. The Bertz CT molecular complexity index is 314. The lowest BCUT2D eigenvalue weighted by Gasteiger charge is -2.00. The highest BCUT2D eigenvalue weighted by atomic mass is 14.8. The van der Waals surface area contributed by atoms with Gasteiger partial charge in [0, 0.05) is 6.20 Å². The number of anilines is 1. The summed E-state index contributed by atoms with van der Waals surface area (Å²) < 4.78 is 0. The van der Waals surface area contributed by atoms with E-state index in [-0.39, 0.29) is 0 Å². The summed E-state index contributed by atoms with van der Waals surface area (Å²) in [5.41, 5.74) is 7.57. The van der Waals surface area contributed by atoms with Crippen molar-refractivity contribution >= 4 is 18.0 Å². The Morgan fingerprint density at radius 1 is 1.50 bits per heavy atom. The molecule has 0 saturated carbocycles. The van der Waals surface area contributed by atoms with E-state index in [1.165, 1.54) is 0 Å². The molecular weight excluding hydrogens is 148 g/mol. The zero-order valence-electron chi connectivity index (χ0n) is 7.12. The van der Waals surface area contributed by atoms with E-state index in [0.717, 1.165) is 11.1 Å². The molecule has 0 amide bonds. The molecular formula is C10H12N2. The summed E-state index contributed by atoms with van der Waals surface area (Å²) in [4.78, 5) is 3.99. The molecule has 0 radical (unpaired) electrons. The molecule has 2 N–H and O–H groups in total. The van der Waals surface area contributed by atoms with E-state index in [9.17, 15) is 0 Å². The van der Waals surface area contributed by atoms with Crippen molar-refractivity contribution in [3.05, 3.63) is 36.0 Å². The van der Waals surface area contributed by atoms with Gasteiger partial charge in [-0.1, -0.05) is 24.8 Å². The minimum absolute atomic E-state index is 0.526. The van der Waals surface area contributed by atoms with Gasteiger partial charge in [0.05, 0.1) is 0 Å². The summed E-state index contributed by atoms with van der Waals surface area (Å²) in [6.45, 7) is 5.66. The number of nitrogens with zero attached hydrogens (tertiary/aromatic N) is 1. The fourth-order valence-electron chi connectivity index (χ4n) is 0.994. The standard InChI is InChI=1S/C10H12N2/c1-3-5-9-7-12-10(11)6-8(9)4-2/h3-7H,2H2,1H3,(H2,11,12)/b5-3-. The van der Waals surface area contributed by atoms with Crippen LogP contribution in [0.2, 0.25) is 0 Å². The van der Waals surface area contributed by atoms with Gasteiger partial charge in [0.25, 0.3) is 0 Å². The quantitative estimate of drug-likeness (QED) is 0.721. The van der Waals surface area contributed by atoms with Crippen LogP contribution in [0.5, 0.6) is 0 Å². The average molecular weight is 160 g/mol. The second-order valence-electron chi connectivity index (χ2n) is 2.44. The molecule has 0 unspecified atom stereocenters. The van der Waals surface area contributed by atoms with Crippen molar-refractivity contribution in [2.24, 2.45) is 0 Å². The molecule has 0 saturated heterocycles. The Morgan fingerprint density at radius 2 is 2.25 bits per heavy atom. The van der Waals surface area contributed by atoms with Gasteiger partial charge in [-0.25, -0.2) is 4.98 Å². The highest BCUT2D eigenvalue weighted by molar-refractivity contribution is 5.65. The molecule has 0 aliphatic rings. The maximum Gasteiger partial charge on any atom is 0.123 e. The molecule has 0 aromatic carbocycles. The first kappa shape index (κ1) is 8.53. The Labute approximate surface area is 72.4 Å². The van der Waals surface area contributed by atoms with Crippen LogP contribution in [0.4, 0.5) is 5.82 Å². The molecule has 2 heteroatoms. The summed E-state index contributed by atoms with van der Waals surface area (Å²) >= 11 is 0. The minimum atomic E-state index is 0.526. The van der Waals surface area contributed by atoms with Crippen molar-refractivity contribution in [3.8, 4) is 0 Å². The number of rotatable bonds is 2. The highest BCUT2D eigenvalue weighted by Crippen LogP contribution is 2.13. The molecule has 62 valence electrons. The number of nitrogens with two attached hydrogens (primary N) is 1. The van der Waals surface area contributed by atoms with Gasteiger partial charge in [0.1, 0.15) is 5.82 Å². The van der Waals surface area contributed by atoms with E-state index in [1.807, 2.05) is 25.1 Å². The normalized spacial score (nSPS) is 10.4. The summed E-state index contributed by atoms with van der Waals surface area (Å²) in [6, 6.07) is 1.81. The van der Waals surface area contributed by atoms with E-state index < -0.39 is 0 Å². The summed E-state index contributed by atoms with van der Waals surface area (Å²) in [5, 5.41) is 0. The van der Waals surface area contributed by atoms with Crippen molar-refractivity contribution in [2.75, 3.05) is 5.73 Å². The third-order valence-electron chi connectivity index (χ3n) is 1.56. The SMILES string of the molecule is C=Cc1cc(N)ncc1/C=C\C. The lowest BCUT2D eigenvalue weighted by Crippen LogP contribution is -1.91. The molecule has 0 atom stereocenters. The zero-order valence-corrected chi connectivity index (χ0v) is 7.12. The lowest BCUT2D eigenvalue weighted by atomic mass is 10.1. The Balaban J connectivity index is 3.19. The van der Waals surface area contributed by atoms with Crippen molar-refractivity contribution in [3.63, 3.8) is 0 Å². The van der Waals surface area contributed by atoms with Gasteiger partial charge < -0.3 is 5.73 Å². The van der Waals surface area contributed by atoms with Crippen LogP contribution in [-0.2, 0) is 0 Å². The second-order valence-corrected chi connectivity index (χ2v) is 2.44. The largest absolute Gasteiger partial charge is 0.384 e. The summed E-state index contributed by atoms with van der Waals surface area (Å²) in [7, 11) is 0. The van der Waals surface area contributed by atoms with Crippen molar-refractivity contribution < 1.29 is 0 Å².